The van der Waals surface area contributed by atoms with Crippen molar-refractivity contribution < 1.29 is 22.3 Å². The lowest BCUT2D eigenvalue weighted by Crippen LogP contribution is -2.08. The largest absolute Gasteiger partial charge is 0.494 e. The van der Waals surface area contributed by atoms with E-state index in [4.69, 9.17) is 4.74 Å². The maximum atomic E-state index is 12.9. The second-order valence-corrected chi connectivity index (χ2v) is 3.34. The molecule has 0 N–H and O–H groups in total. The van der Waals surface area contributed by atoms with Gasteiger partial charge in [0.25, 0.3) is 0 Å². The Balaban J connectivity index is 2.82. The molecule has 0 unspecified atom stereocenters. The van der Waals surface area contributed by atoms with Gasteiger partial charge in [-0.05, 0) is 24.6 Å². The third-order valence-electron chi connectivity index (χ3n) is 2.01. The summed E-state index contributed by atoms with van der Waals surface area (Å²) < 4.78 is 54.9. The number of rotatable bonds is 4. The Morgan fingerprint density at radius 2 is 1.94 bits per heavy atom. The van der Waals surface area contributed by atoms with E-state index < -0.39 is 17.6 Å². The zero-order valence-corrected chi connectivity index (χ0v) is 8.77. The van der Waals surface area contributed by atoms with Crippen LogP contribution in [0.1, 0.15) is 25.3 Å². The van der Waals surface area contributed by atoms with E-state index in [9.17, 15) is 17.6 Å². The molecule has 0 aliphatic carbocycles. The SMILES string of the molecule is CCCCOc1ccc(F)c(C(F)(F)F)c1. The molecule has 90 valence electrons. The Kier molecular flexibility index (Phi) is 4.15. The van der Waals surface area contributed by atoms with Crippen LogP contribution >= 0.6 is 0 Å². The fraction of sp³-hybridized carbons (Fsp3) is 0.455. The van der Waals surface area contributed by atoms with E-state index in [1.807, 2.05) is 6.92 Å². The second-order valence-electron chi connectivity index (χ2n) is 3.34. The molecule has 0 saturated heterocycles. The topological polar surface area (TPSA) is 9.23 Å². The summed E-state index contributed by atoms with van der Waals surface area (Å²) in [6, 6.07) is 2.65. The Morgan fingerprint density at radius 1 is 1.25 bits per heavy atom. The molecular formula is C11H12F4O. The summed E-state index contributed by atoms with van der Waals surface area (Å²) in [4.78, 5) is 0. The third-order valence-corrected chi connectivity index (χ3v) is 2.01. The number of benzene rings is 1. The van der Waals surface area contributed by atoms with Gasteiger partial charge in [-0.25, -0.2) is 4.39 Å². The van der Waals surface area contributed by atoms with Gasteiger partial charge in [0.05, 0.1) is 12.2 Å². The van der Waals surface area contributed by atoms with Crippen LogP contribution in [0.3, 0.4) is 0 Å². The second kappa shape index (κ2) is 5.18. The average Bonchev–Trinajstić information content (AvgIpc) is 2.19. The quantitative estimate of drug-likeness (QED) is 0.566. The van der Waals surface area contributed by atoms with E-state index >= 15 is 0 Å². The van der Waals surface area contributed by atoms with Gasteiger partial charge in [0.15, 0.2) is 0 Å². The molecule has 1 rings (SSSR count). The van der Waals surface area contributed by atoms with Crippen LogP contribution in [-0.4, -0.2) is 6.61 Å². The summed E-state index contributed by atoms with van der Waals surface area (Å²) in [5.41, 5.74) is -1.29. The van der Waals surface area contributed by atoms with Crippen LogP contribution in [0.25, 0.3) is 0 Å². The molecule has 1 aromatic carbocycles. The standard InChI is InChI=1S/C11H12F4O/c1-2-3-6-16-8-4-5-10(12)9(7-8)11(13,14)15/h4-5,7H,2-3,6H2,1H3. The summed E-state index contributed by atoms with van der Waals surface area (Å²) in [7, 11) is 0. The first-order valence-corrected chi connectivity index (χ1v) is 4.94. The maximum Gasteiger partial charge on any atom is 0.419 e. The highest BCUT2D eigenvalue weighted by Crippen LogP contribution is 2.33. The molecule has 0 fully saturated rings. The number of halogens is 4. The van der Waals surface area contributed by atoms with Crippen molar-refractivity contribution in [1.82, 2.24) is 0 Å². The molecule has 0 aliphatic heterocycles. The first-order valence-electron chi connectivity index (χ1n) is 4.94. The van der Waals surface area contributed by atoms with Gasteiger partial charge in [0.1, 0.15) is 11.6 Å². The zero-order chi connectivity index (χ0) is 12.2. The predicted octanol–water partition coefficient (Wildman–Crippen LogP) is 4.02. The van der Waals surface area contributed by atoms with E-state index in [0.29, 0.717) is 12.7 Å². The molecule has 1 nitrogen and oxygen atoms in total. The van der Waals surface area contributed by atoms with Crippen molar-refractivity contribution >= 4 is 0 Å². The van der Waals surface area contributed by atoms with Crippen molar-refractivity contribution in [3.05, 3.63) is 29.6 Å². The highest BCUT2D eigenvalue weighted by molar-refractivity contribution is 5.31. The van der Waals surface area contributed by atoms with E-state index in [1.165, 1.54) is 6.07 Å². The van der Waals surface area contributed by atoms with Crippen LogP contribution in [0.15, 0.2) is 18.2 Å². The number of alkyl halides is 3. The Labute approximate surface area is 91.0 Å². The van der Waals surface area contributed by atoms with Crippen molar-refractivity contribution in [2.45, 2.75) is 25.9 Å². The van der Waals surface area contributed by atoms with Crippen LogP contribution < -0.4 is 4.74 Å². The lowest BCUT2D eigenvalue weighted by Gasteiger charge is -2.10. The monoisotopic (exact) mass is 236 g/mol. The van der Waals surface area contributed by atoms with Crippen molar-refractivity contribution in [2.24, 2.45) is 0 Å². The third kappa shape index (κ3) is 3.40. The lowest BCUT2D eigenvalue weighted by molar-refractivity contribution is -0.140. The van der Waals surface area contributed by atoms with Crippen LogP contribution in [-0.2, 0) is 6.18 Å². The Bertz CT molecular complexity index is 346. The molecule has 0 bridgehead atoms. The highest BCUT2D eigenvalue weighted by atomic mass is 19.4. The molecule has 0 heterocycles. The molecule has 0 radical (unpaired) electrons. The van der Waals surface area contributed by atoms with Crippen molar-refractivity contribution in [3.63, 3.8) is 0 Å². The van der Waals surface area contributed by atoms with Crippen molar-refractivity contribution in [2.75, 3.05) is 6.61 Å². The molecule has 0 aromatic heterocycles. The molecular weight excluding hydrogens is 224 g/mol. The lowest BCUT2D eigenvalue weighted by atomic mass is 10.2. The van der Waals surface area contributed by atoms with E-state index in [-0.39, 0.29) is 5.75 Å². The molecule has 5 heteroatoms. The average molecular weight is 236 g/mol. The van der Waals surface area contributed by atoms with E-state index in [1.54, 1.807) is 0 Å². The van der Waals surface area contributed by atoms with E-state index in [0.717, 1.165) is 18.9 Å². The minimum atomic E-state index is -4.69. The number of hydrogen-bond donors (Lipinski definition) is 0. The Morgan fingerprint density at radius 3 is 2.50 bits per heavy atom. The molecule has 16 heavy (non-hydrogen) atoms. The minimum absolute atomic E-state index is 0.0437. The number of unbranched alkanes of at least 4 members (excludes halogenated alkanes) is 1. The van der Waals surface area contributed by atoms with Crippen LogP contribution in [0.4, 0.5) is 17.6 Å². The van der Waals surface area contributed by atoms with Crippen LogP contribution in [0.2, 0.25) is 0 Å². The number of hydrogen-bond acceptors (Lipinski definition) is 1. The first kappa shape index (κ1) is 12.8. The van der Waals surface area contributed by atoms with Gasteiger partial charge in [-0.15, -0.1) is 0 Å². The smallest absolute Gasteiger partial charge is 0.419 e. The van der Waals surface area contributed by atoms with Gasteiger partial charge in [-0.1, -0.05) is 13.3 Å². The maximum absolute atomic E-state index is 12.9. The molecule has 1 aromatic rings. The van der Waals surface area contributed by atoms with Gasteiger partial charge in [-0.2, -0.15) is 13.2 Å². The molecule has 0 aliphatic rings. The number of ether oxygens (including phenoxy) is 1. The normalized spacial score (nSPS) is 11.6. The molecule has 0 saturated carbocycles. The van der Waals surface area contributed by atoms with Crippen molar-refractivity contribution in [1.29, 1.82) is 0 Å². The minimum Gasteiger partial charge on any atom is -0.494 e. The highest BCUT2D eigenvalue weighted by Gasteiger charge is 2.34. The summed E-state index contributed by atoms with van der Waals surface area (Å²) in [6.07, 6.45) is -3.06. The molecule has 0 spiro atoms. The first-order chi connectivity index (χ1) is 7.45. The van der Waals surface area contributed by atoms with Crippen molar-refractivity contribution in [3.8, 4) is 5.75 Å². The summed E-state index contributed by atoms with van der Waals surface area (Å²) >= 11 is 0. The fourth-order valence-corrected chi connectivity index (χ4v) is 1.15. The van der Waals surface area contributed by atoms with Gasteiger partial charge < -0.3 is 4.74 Å². The summed E-state index contributed by atoms with van der Waals surface area (Å²) in [6.45, 7) is 2.27. The van der Waals surface area contributed by atoms with Crippen LogP contribution in [0, 0.1) is 5.82 Å². The predicted molar refractivity (Wildman–Crippen MR) is 51.8 cm³/mol. The van der Waals surface area contributed by atoms with Crippen LogP contribution in [0.5, 0.6) is 5.75 Å². The molecule has 0 amide bonds. The summed E-state index contributed by atoms with van der Waals surface area (Å²) in [5, 5.41) is 0. The van der Waals surface area contributed by atoms with E-state index in [2.05, 4.69) is 0 Å². The van der Waals surface area contributed by atoms with Gasteiger partial charge in [0.2, 0.25) is 0 Å². The zero-order valence-electron chi connectivity index (χ0n) is 8.77. The van der Waals surface area contributed by atoms with Gasteiger partial charge in [0, 0.05) is 0 Å². The van der Waals surface area contributed by atoms with Gasteiger partial charge in [-0.3, -0.25) is 0 Å². The Hall–Kier alpha value is -1.26. The van der Waals surface area contributed by atoms with Gasteiger partial charge >= 0.3 is 6.18 Å². The molecule has 0 atom stereocenters. The fourth-order valence-electron chi connectivity index (χ4n) is 1.15. The summed E-state index contributed by atoms with van der Waals surface area (Å²) in [5.74, 6) is -1.24.